The second-order valence-electron chi connectivity index (χ2n) is 5.69. The maximum atomic E-state index is 12.9. The molecule has 3 rings (SSSR count). The molecule has 1 aliphatic rings. The van der Waals surface area contributed by atoms with Crippen molar-refractivity contribution >= 4 is 10.0 Å². The second kappa shape index (κ2) is 5.69. The fourth-order valence-electron chi connectivity index (χ4n) is 2.75. The quantitative estimate of drug-likeness (QED) is 0.801. The Kier molecular flexibility index (Phi) is 3.98. The zero-order valence-corrected chi connectivity index (χ0v) is 14.3. The summed E-state index contributed by atoms with van der Waals surface area (Å²) in [5, 5.41) is 7.53. The van der Waals surface area contributed by atoms with Crippen molar-refractivity contribution in [3.05, 3.63) is 23.2 Å². The van der Waals surface area contributed by atoms with Gasteiger partial charge in [0.15, 0.2) is 11.6 Å². The molecule has 1 saturated heterocycles. The van der Waals surface area contributed by atoms with Crippen molar-refractivity contribution in [2.45, 2.75) is 31.7 Å². The summed E-state index contributed by atoms with van der Waals surface area (Å²) in [6.45, 7) is 6.14. The summed E-state index contributed by atoms with van der Waals surface area (Å²) in [4.78, 5) is 6.37. The van der Waals surface area contributed by atoms with E-state index in [1.54, 1.807) is 20.8 Å². The molecule has 1 atom stereocenters. The highest BCUT2D eigenvalue weighted by Gasteiger charge is 2.38. The molecular weight excluding hydrogens is 322 g/mol. The smallest absolute Gasteiger partial charge is 0.248 e. The van der Waals surface area contributed by atoms with Crippen LogP contribution in [-0.4, -0.2) is 59.6 Å². The van der Waals surface area contributed by atoms with Crippen LogP contribution in [0.15, 0.2) is 13.9 Å². The van der Waals surface area contributed by atoms with E-state index in [0.29, 0.717) is 36.3 Å². The van der Waals surface area contributed by atoms with Crippen molar-refractivity contribution < 1.29 is 17.5 Å². The van der Waals surface area contributed by atoms with Gasteiger partial charge in [-0.25, -0.2) is 8.42 Å². The molecule has 126 valence electrons. The molecule has 2 aromatic rings. The van der Waals surface area contributed by atoms with Gasteiger partial charge in [0.25, 0.3) is 0 Å². The Morgan fingerprint density at radius 2 is 1.87 bits per heavy atom. The van der Waals surface area contributed by atoms with E-state index >= 15 is 0 Å². The van der Waals surface area contributed by atoms with Crippen LogP contribution in [0, 0.1) is 20.8 Å². The van der Waals surface area contributed by atoms with Gasteiger partial charge in [-0.2, -0.15) is 9.29 Å². The molecule has 1 aliphatic heterocycles. The van der Waals surface area contributed by atoms with Gasteiger partial charge in [-0.1, -0.05) is 10.3 Å². The van der Waals surface area contributed by atoms with E-state index in [1.807, 2.05) is 11.9 Å². The van der Waals surface area contributed by atoms with E-state index in [0.717, 1.165) is 0 Å². The highest BCUT2D eigenvalue weighted by Crippen LogP contribution is 2.29. The van der Waals surface area contributed by atoms with Crippen LogP contribution in [0.25, 0.3) is 0 Å². The third kappa shape index (κ3) is 2.77. The summed E-state index contributed by atoms with van der Waals surface area (Å²) in [6, 6.07) is -0.278. The monoisotopic (exact) mass is 341 g/mol. The maximum Gasteiger partial charge on any atom is 0.248 e. The fourth-order valence-corrected chi connectivity index (χ4v) is 4.48. The van der Waals surface area contributed by atoms with Crippen LogP contribution in [0.2, 0.25) is 0 Å². The van der Waals surface area contributed by atoms with Crippen molar-refractivity contribution in [2.75, 3.05) is 26.7 Å². The summed E-state index contributed by atoms with van der Waals surface area (Å²) in [5.41, 5.74) is 0.367. The minimum absolute atomic E-state index is 0.141. The highest BCUT2D eigenvalue weighted by molar-refractivity contribution is 7.89. The molecule has 2 aromatic heterocycles. The molecule has 0 aromatic carbocycles. The molecule has 10 heteroatoms. The van der Waals surface area contributed by atoms with Gasteiger partial charge in [0.2, 0.25) is 15.9 Å². The van der Waals surface area contributed by atoms with Crippen LogP contribution in [-0.2, 0) is 10.0 Å². The standard InChI is InChI=1S/C13H19N5O4S/c1-8-12(9(2)21-15-8)23(19,20)18-6-5-17(4)11(7-18)13-14-10(3)16-22-13/h11H,5-7H2,1-4H3. The van der Waals surface area contributed by atoms with Crippen LogP contribution in [0.3, 0.4) is 0 Å². The van der Waals surface area contributed by atoms with E-state index in [-0.39, 0.29) is 17.5 Å². The van der Waals surface area contributed by atoms with E-state index in [4.69, 9.17) is 9.05 Å². The summed E-state index contributed by atoms with van der Waals surface area (Å²) >= 11 is 0. The lowest BCUT2D eigenvalue weighted by Gasteiger charge is -2.36. The zero-order valence-electron chi connectivity index (χ0n) is 13.5. The van der Waals surface area contributed by atoms with Gasteiger partial charge in [-0.3, -0.25) is 4.90 Å². The SMILES string of the molecule is Cc1noc(C2CN(S(=O)(=O)c3c(C)noc3C)CCN2C)n1. The molecule has 1 fully saturated rings. The lowest BCUT2D eigenvalue weighted by atomic mass is 10.2. The Labute approximate surface area is 134 Å². The summed E-state index contributed by atoms with van der Waals surface area (Å²) < 4.78 is 37.5. The van der Waals surface area contributed by atoms with Gasteiger partial charge in [-0.15, -0.1) is 0 Å². The zero-order chi connectivity index (χ0) is 16.8. The predicted octanol–water partition coefficient (Wildman–Crippen LogP) is 0.660. The first-order valence-electron chi connectivity index (χ1n) is 7.24. The van der Waals surface area contributed by atoms with E-state index in [1.165, 1.54) is 4.31 Å². The number of aryl methyl sites for hydroxylation is 3. The molecule has 0 saturated carbocycles. The topological polar surface area (TPSA) is 106 Å². The van der Waals surface area contributed by atoms with E-state index in [2.05, 4.69) is 15.3 Å². The number of sulfonamides is 1. The van der Waals surface area contributed by atoms with Crippen LogP contribution in [0.5, 0.6) is 0 Å². The number of likely N-dealkylation sites (N-methyl/N-ethyl adjacent to an activating group) is 1. The molecule has 0 amide bonds. The van der Waals surface area contributed by atoms with Crippen molar-refractivity contribution in [3.8, 4) is 0 Å². The van der Waals surface area contributed by atoms with Gasteiger partial charge >= 0.3 is 0 Å². The van der Waals surface area contributed by atoms with Crippen LogP contribution in [0.1, 0.15) is 29.2 Å². The van der Waals surface area contributed by atoms with Crippen molar-refractivity contribution in [2.24, 2.45) is 0 Å². The molecule has 1 unspecified atom stereocenters. The van der Waals surface area contributed by atoms with E-state index < -0.39 is 10.0 Å². The number of nitrogens with zero attached hydrogens (tertiary/aromatic N) is 5. The summed E-state index contributed by atoms with van der Waals surface area (Å²) in [5.74, 6) is 1.24. The lowest BCUT2D eigenvalue weighted by molar-refractivity contribution is 0.120. The first-order valence-corrected chi connectivity index (χ1v) is 8.68. The predicted molar refractivity (Wildman–Crippen MR) is 79.1 cm³/mol. The Bertz CT molecular complexity index is 793. The molecule has 23 heavy (non-hydrogen) atoms. The Morgan fingerprint density at radius 3 is 2.43 bits per heavy atom. The minimum atomic E-state index is -3.68. The van der Waals surface area contributed by atoms with Gasteiger partial charge in [0.05, 0.1) is 0 Å². The van der Waals surface area contributed by atoms with Crippen LogP contribution >= 0.6 is 0 Å². The largest absolute Gasteiger partial charge is 0.360 e. The number of aromatic nitrogens is 3. The second-order valence-corrected chi connectivity index (χ2v) is 7.57. The Balaban J connectivity index is 1.92. The number of piperazine rings is 1. The van der Waals surface area contributed by atoms with Crippen molar-refractivity contribution in [3.63, 3.8) is 0 Å². The first-order chi connectivity index (χ1) is 10.8. The van der Waals surface area contributed by atoms with Gasteiger partial charge in [0, 0.05) is 19.6 Å². The molecule has 0 bridgehead atoms. The van der Waals surface area contributed by atoms with Crippen molar-refractivity contribution in [1.29, 1.82) is 0 Å². The highest BCUT2D eigenvalue weighted by atomic mass is 32.2. The molecule has 3 heterocycles. The minimum Gasteiger partial charge on any atom is -0.360 e. The lowest BCUT2D eigenvalue weighted by Crippen LogP contribution is -2.49. The molecule has 0 radical (unpaired) electrons. The summed E-state index contributed by atoms with van der Waals surface area (Å²) in [7, 11) is -1.77. The van der Waals surface area contributed by atoms with Crippen LogP contribution in [0.4, 0.5) is 0 Å². The van der Waals surface area contributed by atoms with E-state index in [9.17, 15) is 8.42 Å². The van der Waals surface area contributed by atoms with Gasteiger partial charge in [0.1, 0.15) is 16.6 Å². The average Bonchev–Trinajstić information content (AvgIpc) is 3.05. The number of rotatable bonds is 3. The van der Waals surface area contributed by atoms with Gasteiger partial charge < -0.3 is 9.05 Å². The maximum absolute atomic E-state index is 12.9. The Morgan fingerprint density at radius 1 is 1.13 bits per heavy atom. The van der Waals surface area contributed by atoms with Gasteiger partial charge in [-0.05, 0) is 27.8 Å². The van der Waals surface area contributed by atoms with Crippen LogP contribution < -0.4 is 0 Å². The van der Waals surface area contributed by atoms with Crippen molar-refractivity contribution in [1.82, 2.24) is 24.5 Å². The number of hydrogen-bond donors (Lipinski definition) is 0. The molecule has 9 nitrogen and oxygen atoms in total. The number of hydrogen-bond acceptors (Lipinski definition) is 8. The third-order valence-electron chi connectivity index (χ3n) is 4.00. The fraction of sp³-hybridized carbons (Fsp3) is 0.615. The average molecular weight is 341 g/mol. The molecule has 0 N–H and O–H groups in total. The Hall–Kier alpha value is -1.78. The normalized spacial score (nSPS) is 21.0. The molecule has 0 spiro atoms. The molecular formula is C13H19N5O4S. The first kappa shape index (κ1) is 16.1. The third-order valence-corrected chi connectivity index (χ3v) is 6.12. The molecule has 0 aliphatic carbocycles. The summed E-state index contributed by atoms with van der Waals surface area (Å²) in [6.07, 6.45) is 0.